The highest BCUT2D eigenvalue weighted by atomic mass is 16.5. The number of rotatable bonds is 4. The van der Waals surface area contributed by atoms with Crippen molar-refractivity contribution in [1.82, 2.24) is 15.5 Å². The van der Waals surface area contributed by atoms with Gasteiger partial charge in [-0.2, -0.15) is 0 Å². The van der Waals surface area contributed by atoms with Crippen LogP contribution in [-0.4, -0.2) is 62.3 Å². The van der Waals surface area contributed by atoms with Gasteiger partial charge in [-0.3, -0.25) is 4.79 Å². The molecule has 2 aliphatic rings. The summed E-state index contributed by atoms with van der Waals surface area (Å²) in [5.74, 6) is 0.924. The Morgan fingerprint density at radius 3 is 2.79 bits per heavy atom. The summed E-state index contributed by atoms with van der Waals surface area (Å²) in [6, 6.07) is -0.199. The number of nitrogens with one attached hydrogen (secondary N) is 2. The van der Waals surface area contributed by atoms with Crippen molar-refractivity contribution in [1.29, 1.82) is 0 Å². The molecule has 2 rings (SSSR count). The second-order valence-corrected chi connectivity index (χ2v) is 5.82. The van der Waals surface area contributed by atoms with Crippen molar-refractivity contribution in [2.75, 3.05) is 39.3 Å². The van der Waals surface area contributed by atoms with Crippen molar-refractivity contribution >= 4 is 5.91 Å². The molecule has 0 unspecified atom stereocenters. The Labute approximate surface area is 116 Å². The van der Waals surface area contributed by atoms with E-state index in [-0.39, 0.29) is 18.1 Å². The number of hydrogen-bond acceptors (Lipinski definition) is 4. The number of nitrogens with zero attached hydrogens (tertiary/aromatic N) is 1. The van der Waals surface area contributed by atoms with Gasteiger partial charge in [0.15, 0.2) is 0 Å². The van der Waals surface area contributed by atoms with Crippen LogP contribution in [0.2, 0.25) is 0 Å². The van der Waals surface area contributed by atoms with E-state index in [1.54, 1.807) is 0 Å². The summed E-state index contributed by atoms with van der Waals surface area (Å²) in [6.07, 6.45) is 2.52. The molecule has 0 bridgehead atoms. The Hall–Kier alpha value is -0.650. The molecular weight excluding hydrogens is 242 g/mol. The Morgan fingerprint density at radius 1 is 1.37 bits per heavy atom. The molecule has 0 aromatic rings. The second-order valence-electron chi connectivity index (χ2n) is 5.82. The predicted octanol–water partition coefficient (Wildman–Crippen LogP) is 0.211. The number of likely N-dealkylation sites (tertiary alicyclic amines) is 1. The molecule has 0 aromatic carbocycles. The smallest absolute Gasteiger partial charge is 0.239 e. The largest absolute Gasteiger partial charge is 0.375 e. The molecule has 0 spiro atoms. The molecule has 110 valence electrons. The summed E-state index contributed by atoms with van der Waals surface area (Å²) in [5.41, 5.74) is 0. The molecule has 0 aliphatic carbocycles. The van der Waals surface area contributed by atoms with Gasteiger partial charge in [0.25, 0.3) is 0 Å². The lowest BCUT2D eigenvalue weighted by Gasteiger charge is -2.31. The number of piperidine rings is 1. The molecule has 2 saturated heterocycles. The third-order valence-corrected chi connectivity index (χ3v) is 4.20. The van der Waals surface area contributed by atoms with Crippen molar-refractivity contribution in [3.63, 3.8) is 0 Å². The number of morpholine rings is 1. The van der Waals surface area contributed by atoms with Crippen molar-refractivity contribution in [3.8, 4) is 0 Å². The van der Waals surface area contributed by atoms with E-state index in [4.69, 9.17) is 4.74 Å². The van der Waals surface area contributed by atoms with Crippen LogP contribution < -0.4 is 10.6 Å². The first-order chi connectivity index (χ1) is 9.16. The minimum atomic E-state index is -0.199. The molecule has 5 heteroatoms. The molecule has 5 nitrogen and oxygen atoms in total. The first-order valence-electron chi connectivity index (χ1n) is 7.52. The Morgan fingerprint density at radius 2 is 2.11 bits per heavy atom. The minimum absolute atomic E-state index is 0.0374. The van der Waals surface area contributed by atoms with Gasteiger partial charge in [-0.15, -0.1) is 0 Å². The van der Waals surface area contributed by atoms with Crippen LogP contribution in [0.5, 0.6) is 0 Å². The highest BCUT2D eigenvalue weighted by Gasteiger charge is 2.28. The van der Waals surface area contributed by atoms with E-state index in [2.05, 4.69) is 22.5 Å². The number of carbonyl (C=O) groups is 1. The summed E-state index contributed by atoms with van der Waals surface area (Å²) in [6.45, 7) is 9.73. The average molecular weight is 269 g/mol. The summed E-state index contributed by atoms with van der Waals surface area (Å²) in [5, 5.41) is 6.23. The SMILES string of the molecule is CC1CCN(CCNC(=O)[C@H]2NCCO[C@@H]2C)CC1. The van der Waals surface area contributed by atoms with Crippen LogP contribution in [0, 0.1) is 5.92 Å². The lowest BCUT2D eigenvalue weighted by molar-refractivity contribution is -0.129. The molecule has 2 heterocycles. The third-order valence-electron chi connectivity index (χ3n) is 4.20. The van der Waals surface area contributed by atoms with Gasteiger partial charge in [-0.1, -0.05) is 6.92 Å². The molecule has 2 atom stereocenters. The quantitative estimate of drug-likeness (QED) is 0.766. The molecule has 1 amide bonds. The summed E-state index contributed by atoms with van der Waals surface area (Å²) in [7, 11) is 0. The number of amides is 1. The molecular formula is C14H27N3O2. The summed E-state index contributed by atoms with van der Waals surface area (Å²) in [4.78, 5) is 14.5. The molecule has 2 aliphatic heterocycles. The van der Waals surface area contributed by atoms with Gasteiger partial charge in [-0.25, -0.2) is 0 Å². The first kappa shape index (κ1) is 14.8. The van der Waals surface area contributed by atoms with Crippen LogP contribution in [0.25, 0.3) is 0 Å². The zero-order valence-corrected chi connectivity index (χ0v) is 12.2. The van der Waals surface area contributed by atoms with E-state index in [1.807, 2.05) is 6.92 Å². The molecule has 2 fully saturated rings. The van der Waals surface area contributed by atoms with Gasteiger partial charge in [0.2, 0.25) is 5.91 Å². The topological polar surface area (TPSA) is 53.6 Å². The van der Waals surface area contributed by atoms with Gasteiger partial charge in [-0.05, 0) is 38.8 Å². The lowest BCUT2D eigenvalue weighted by Crippen LogP contribution is -2.56. The van der Waals surface area contributed by atoms with E-state index in [0.717, 1.165) is 38.6 Å². The van der Waals surface area contributed by atoms with Gasteiger partial charge in [0.05, 0.1) is 12.7 Å². The fraction of sp³-hybridized carbons (Fsp3) is 0.929. The molecule has 19 heavy (non-hydrogen) atoms. The fourth-order valence-corrected chi connectivity index (χ4v) is 2.76. The summed E-state index contributed by atoms with van der Waals surface area (Å²) >= 11 is 0. The van der Waals surface area contributed by atoms with Crippen LogP contribution >= 0.6 is 0 Å². The number of carbonyl (C=O) groups excluding carboxylic acids is 1. The van der Waals surface area contributed by atoms with Crippen LogP contribution in [0.3, 0.4) is 0 Å². The van der Waals surface area contributed by atoms with Crippen molar-refractivity contribution in [2.45, 2.75) is 38.8 Å². The Kier molecular flexibility index (Phi) is 5.60. The third kappa shape index (κ3) is 4.44. The zero-order valence-electron chi connectivity index (χ0n) is 12.2. The van der Waals surface area contributed by atoms with Crippen molar-refractivity contribution in [2.24, 2.45) is 5.92 Å². The number of hydrogen-bond donors (Lipinski definition) is 2. The van der Waals surface area contributed by atoms with E-state index in [9.17, 15) is 4.79 Å². The highest BCUT2D eigenvalue weighted by molar-refractivity contribution is 5.82. The molecule has 2 N–H and O–H groups in total. The average Bonchev–Trinajstić information content (AvgIpc) is 2.41. The standard InChI is InChI=1S/C14H27N3O2/c1-11-3-7-17(8-4-11)9-5-16-14(18)13-12(2)19-10-6-15-13/h11-13,15H,3-10H2,1-2H3,(H,16,18)/t12-,13+/m1/s1. The van der Waals surface area contributed by atoms with Gasteiger partial charge < -0.3 is 20.3 Å². The zero-order chi connectivity index (χ0) is 13.7. The van der Waals surface area contributed by atoms with Crippen molar-refractivity contribution in [3.05, 3.63) is 0 Å². The predicted molar refractivity (Wildman–Crippen MR) is 75.1 cm³/mol. The van der Waals surface area contributed by atoms with Crippen LogP contribution in [0.1, 0.15) is 26.7 Å². The fourth-order valence-electron chi connectivity index (χ4n) is 2.76. The maximum Gasteiger partial charge on any atom is 0.239 e. The van der Waals surface area contributed by atoms with Crippen LogP contribution in [0.15, 0.2) is 0 Å². The van der Waals surface area contributed by atoms with E-state index >= 15 is 0 Å². The van der Waals surface area contributed by atoms with Gasteiger partial charge >= 0.3 is 0 Å². The van der Waals surface area contributed by atoms with Crippen LogP contribution in [-0.2, 0) is 9.53 Å². The van der Waals surface area contributed by atoms with E-state index in [1.165, 1.54) is 12.8 Å². The maximum atomic E-state index is 12.0. The van der Waals surface area contributed by atoms with E-state index < -0.39 is 0 Å². The Balaban J connectivity index is 1.63. The Bertz CT molecular complexity index is 290. The monoisotopic (exact) mass is 269 g/mol. The van der Waals surface area contributed by atoms with E-state index in [0.29, 0.717) is 6.61 Å². The molecule has 0 saturated carbocycles. The second kappa shape index (κ2) is 7.22. The number of ether oxygens (including phenoxy) is 1. The maximum absolute atomic E-state index is 12.0. The van der Waals surface area contributed by atoms with Gasteiger partial charge in [0, 0.05) is 19.6 Å². The highest BCUT2D eigenvalue weighted by Crippen LogP contribution is 2.15. The first-order valence-corrected chi connectivity index (χ1v) is 7.52. The molecule has 0 radical (unpaired) electrons. The normalized spacial score (nSPS) is 30.2. The van der Waals surface area contributed by atoms with Crippen molar-refractivity contribution < 1.29 is 9.53 Å². The molecule has 0 aromatic heterocycles. The van der Waals surface area contributed by atoms with Crippen LogP contribution in [0.4, 0.5) is 0 Å². The minimum Gasteiger partial charge on any atom is -0.375 e. The lowest BCUT2D eigenvalue weighted by atomic mass is 9.99. The summed E-state index contributed by atoms with van der Waals surface area (Å²) < 4.78 is 5.49. The van der Waals surface area contributed by atoms with Gasteiger partial charge in [0.1, 0.15) is 6.04 Å².